The van der Waals surface area contributed by atoms with E-state index in [9.17, 15) is 4.79 Å². The Labute approximate surface area is 123 Å². The van der Waals surface area contributed by atoms with Crippen molar-refractivity contribution in [3.63, 3.8) is 0 Å². The molecular formula is C16H15ClN2O. The van der Waals surface area contributed by atoms with E-state index in [4.69, 9.17) is 11.6 Å². The fraction of sp³-hybridized carbons (Fsp3) is 0.250. The molecular weight excluding hydrogens is 272 g/mol. The first-order valence-electron chi connectivity index (χ1n) is 6.68. The normalized spacial score (nSPS) is 20.4. The quantitative estimate of drug-likeness (QED) is 0.937. The van der Waals surface area contributed by atoms with Gasteiger partial charge in [-0.05, 0) is 29.9 Å². The van der Waals surface area contributed by atoms with Gasteiger partial charge in [-0.1, -0.05) is 41.9 Å². The highest BCUT2D eigenvalue weighted by Gasteiger charge is 2.38. The van der Waals surface area contributed by atoms with Gasteiger partial charge < -0.3 is 5.32 Å². The Kier molecular flexibility index (Phi) is 3.70. The molecule has 20 heavy (non-hydrogen) atoms. The van der Waals surface area contributed by atoms with Crippen LogP contribution in [-0.4, -0.2) is 17.4 Å². The Morgan fingerprint density at radius 1 is 1.30 bits per heavy atom. The van der Waals surface area contributed by atoms with Crippen molar-refractivity contribution in [3.05, 3.63) is 64.9 Å². The van der Waals surface area contributed by atoms with Crippen LogP contribution in [0.15, 0.2) is 48.8 Å². The number of nitrogens with one attached hydrogen (secondary N) is 1. The van der Waals surface area contributed by atoms with Crippen LogP contribution in [0.3, 0.4) is 0 Å². The van der Waals surface area contributed by atoms with Crippen LogP contribution in [0.2, 0.25) is 5.02 Å². The van der Waals surface area contributed by atoms with Crippen molar-refractivity contribution in [2.24, 2.45) is 5.92 Å². The summed E-state index contributed by atoms with van der Waals surface area (Å²) in [6.07, 6.45) is 4.19. The average molecular weight is 287 g/mol. The summed E-state index contributed by atoms with van der Waals surface area (Å²) in [4.78, 5) is 15.9. The number of pyridine rings is 1. The molecule has 3 nitrogen and oxygen atoms in total. The molecule has 0 radical (unpaired) electrons. The highest BCUT2D eigenvalue weighted by molar-refractivity contribution is 6.33. The van der Waals surface area contributed by atoms with Crippen LogP contribution >= 0.6 is 11.6 Å². The SMILES string of the molecule is O=C(NC[C@@H]1C[C@H]1c1ccccc1)c1ccncc1Cl. The monoisotopic (exact) mass is 286 g/mol. The van der Waals surface area contributed by atoms with E-state index in [-0.39, 0.29) is 5.91 Å². The Bertz CT molecular complexity index is 615. The van der Waals surface area contributed by atoms with Crippen molar-refractivity contribution < 1.29 is 4.79 Å². The lowest BCUT2D eigenvalue weighted by atomic mass is 10.1. The van der Waals surface area contributed by atoms with E-state index in [1.165, 1.54) is 11.8 Å². The molecule has 1 N–H and O–H groups in total. The van der Waals surface area contributed by atoms with Crippen LogP contribution in [0, 0.1) is 5.92 Å². The zero-order chi connectivity index (χ0) is 13.9. The lowest BCUT2D eigenvalue weighted by Gasteiger charge is -2.06. The van der Waals surface area contributed by atoms with Gasteiger partial charge in [0.15, 0.2) is 0 Å². The van der Waals surface area contributed by atoms with Crippen LogP contribution in [0.4, 0.5) is 0 Å². The molecule has 1 saturated carbocycles. The predicted octanol–water partition coefficient (Wildman–Crippen LogP) is 3.27. The van der Waals surface area contributed by atoms with Gasteiger partial charge >= 0.3 is 0 Å². The number of hydrogen-bond donors (Lipinski definition) is 1. The Morgan fingerprint density at radius 2 is 2.10 bits per heavy atom. The van der Waals surface area contributed by atoms with Gasteiger partial charge in [0.2, 0.25) is 0 Å². The number of carbonyl (C=O) groups is 1. The molecule has 1 amide bonds. The van der Waals surface area contributed by atoms with E-state index in [0.717, 1.165) is 6.42 Å². The van der Waals surface area contributed by atoms with Crippen molar-refractivity contribution in [1.29, 1.82) is 0 Å². The highest BCUT2D eigenvalue weighted by atomic mass is 35.5. The number of amides is 1. The summed E-state index contributed by atoms with van der Waals surface area (Å²) in [6.45, 7) is 0.692. The summed E-state index contributed by atoms with van der Waals surface area (Å²) in [7, 11) is 0. The van der Waals surface area contributed by atoms with Crippen molar-refractivity contribution in [2.45, 2.75) is 12.3 Å². The van der Waals surface area contributed by atoms with E-state index in [0.29, 0.717) is 29.0 Å². The van der Waals surface area contributed by atoms with Gasteiger partial charge in [0, 0.05) is 18.9 Å². The second-order valence-corrected chi connectivity index (χ2v) is 5.49. The number of benzene rings is 1. The molecule has 0 saturated heterocycles. The van der Waals surface area contributed by atoms with Crippen molar-refractivity contribution >= 4 is 17.5 Å². The lowest BCUT2D eigenvalue weighted by molar-refractivity contribution is 0.0951. The second-order valence-electron chi connectivity index (χ2n) is 5.08. The summed E-state index contributed by atoms with van der Waals surface area (Å²) in [5.41, 5.74) is 1.84. The molecule has 1 aromatic heterocycles. The van der Waals surface area contributed by atoms with Gasteiger partial charge in [0.1, 0.15) is 0 Å². The van der Waals surface area contributed by atoms with Crippen molar-refractivity contribution in [1.82, 2.24) is 10.3 Å². The molecule has 1 fully saturated rings. The highest BCUT2D eigenvalue weighted by Crippen LogP contribution is 2.46. The maximum Gasteiger partial charge on any atom is 0.252 e. The summed E-state index contributed by atoms with van der Waals surface area (Å²) < 4.78 is 0. The zero-order valence-electron chi connectivity index (χ0n) is 10.9. The van der Waals surface area contributed by atoms with Gasteiger partial charge in [0.05, 0.1) is 10.6 Å². The third-order valence-corrected chi connectivity index (χ3v) is 3.99. The van der Waals surface area contributed by atoms with Crippen LogP contribution < -0.4 is 5.32 Å². The second kappa shape index (κ2) is 5.63. The maximum absolute atomic E-state index is 12.0. The molecule has 102 valence electrons. The predicted molar refractivity (Wildman–Crippen MR) is 78.9 cm³/mol. The van der Waals surface area contributed by atoms with Crippen LogP contribution in [0.25, 0.3) is 0 Å². The molecule has 3 rings (SSSR count). The number of nitrogens with zero attached hydrogens (tertiary/aromatic N) is 1. The smallest absolute Gasteiger partial charge is 0.252 e. The summed E-state index contributed by atoms with van der Waals surface area (Å²) in [5, 5.41) is 3.34. The van der Waals surface area contributed by atoms with Gasteiger partial charge in [-0.25, -0.2) is 0 Å². The Balaban J connectivity index is 1.55. The lowest BCUT2D eigenvalue weighted by Crippen LogP contribution is -2.26. The minimum atomic E-state index is -0.129. The topological polar surface area (TPSA) is 42.0 Å². The molecule has 4 heteroatoms. The number of aromatic nitrogens is 1. The number of halogens is 1. The van der Waals surface area contributed by atoms with E-state index in [1.54, 1.807) is 12.3 Å². The summed E-state index contributed by atoms with van der Waals surface area (Å²) in [6, 6.07) is 12.1. The Hall–Kier alpha value is -1.87. The third kappa shape index (κ3) is 2.83. The van der Waals surface area contributed by atoms with Crippen LogP contribution in [-0.2, 0) is 0 Å². The minimum Gasteiger partial charge on any atom is -0.352 e. The van der Waals surface area contributed by atoms with E-state index in [2.05, 4.69) is 34.6 Å². The number of hydrogen-bond acceptors (Lipinski definition) is 2. The molecule has 2 atom stereocenters. The zero-order valence-corrected chi connectivity index (χ0v) is 11.7. The fourth-order valence-electron chi connectivity index (χ4n) is 2.46. The van der Waals surface area contributed by atoms with Gasteiger partial charge in [-0.2, -0.15) is 0 Å². The fourth-order valence-corrected chi connectivity index (χ4v) is 2.67. The van der Waals surface area contributed by atoms with E-state index in [1.807, 2.05) is 6.07 Å². The largest absolute Gasteiger partial charge is 0.352 e. The van der Waals surface area contributed by atoms with Crippen LogP contribution in [0.5, 0.6) is 0 Å². The standard InChI is InChI=1S/C16H15ClN2O/c17-15-10-18-7-6-13(15)16(20)19-9-12-8-14(12)11-4-2-1-3-5-11/h1-7,10,12,14H,8-9H2,(H,19,20)/t12-,14-/m0/s1. The van der Waals surface area contributed by atoms with Gasteiger partial charge in [0.25, 0.3) is 5.91 Å². The molecule has 1 heterocycles. The summed E-state index contributed by atoms with van der Waals surface area (Å²) >= 11 is 5.95. The summed E-state index contributed by atoms with van der Waals surface area (Å²) in [5.74, 6) is 0.975. The first-order chi connectivity index (χ1) is 9.75. The molecule has 1 aliphatic carbocycles. The maximum atomic E-state index is 12.0. The molecule has 0 aliphatic heterocycles. The molecule has 1 aliphatic rings. The molecule has 1 aromatic carbocycles. The number of rotatable bonds is 4. The van der Waals surface area contributed by atoms with E-state index < -0.39 is 0 Å². The molecule has 0 bridgehead atoms. The Morgan fingerprint density at radius 3 is 2.85 bits per heavy atom. The molecule has 0 unspecified atom stereocenters. The molecule has 2 aromatic rings. The number of carbonyl (C=O) groups excluding carboxylic acids is 1. The van der Waals surface area contributed by atoms with Crippen molar-refractivity contribution in [3.8, 4) is 0 Å². The minimum absolute atomic E-state index is 0.129. The van der Waals surface area contributed by atoms with Crippen molar-refractivity contribution in [2.75, 3.05) is 6.54 Å². The van der Waals surface area contributed by atoms with Crippen LogP contribution in [0.1, 0.15) is 28.3 Å². The first kappa shape index (κ1) is 13.1. The average Bonchev–Trinajstić information content (AvgIpc) is 3.26. The first-order valence-corrected chi connectivity index (χ1v) is 7.06. The van der Waals surface area contributed by atoms with Gasteiger partial charge in [-0.15, -0.1) is 0 Å². The van der Waals surface area contributed by atoms with Gasteiger partial charge in [-0.3, -0.25) is 9.78 Å². The van der Waals surface area contributed by atoms with E-state index >= 15 is 0 Å². The third-order valence-electron chi connectivity index (χ3n) is 3.69. The molecule has 0 spiro atoms.